The summed E-state index contributed by atoms with van der Waals surface area (Å²) in [5.41, 5.74) is 5.52. The van der Waals surface area contributed by atoms with Gasteiger partial charge in [-0.15, -0.1) is 0 Å². The number of hydrogen-bond donors (Lipinski definition) is 1. The van der Waals surface area contributed by atoms with E-state index in [-0.39, 0.29) is 12.3 Å². The number of carbonyl (C=O) groups excluding carboxylic acids is 1. The molecule has 0 bridgehead atoms. The highest BCUT2D eigenvalue weighted by Crippen LogP contribution is 2.19. The first kappa shape index (κ1) is 14.2. The van der Waals surface area contributed by atoms with Gasteiger partial charge in [-0.2, -0.15) is 0 Å². The van der Waals surface area contributed by atoms with E-state index in [1.54, 1.807) is 24.3 Å². The molecule has 0 spiro atoms. The van der Waals surface area contributed by atoms with Crippen LogP contribution < -0.4 is 10.0 Å². The van der Waals surface area contributed by atoms with Gasteiger partial charge in [-0.05, 0) is 53.8 Å². The molecule has 0 aliphatic heterocycles. The van der Waals surface area contributed by atoms with Crippen LogP contribution in [0, 0.1) is 3.57 Å². The van der Waals surface area contributed by atoms with Crippen LogP contribution in [0.15, 0.2) is 24.3 Å². The van der Waals surface area contributed by atoms with Crippen LogP contribution in [0.2, 0.25) is 0 Å². The van der Waals surface area contributed by atoms with Gasteiger partial charge in [0.2, 0.25) is 15.9 Å². The summed E-state index contributed by atoms with van der Waals surface area (Å²) in [4.78, 5) is 10.9. The third-order valence-electron chi connectivity index (χ3n) is 2.11. The second-order valence-electron chi connectivity index (χ2n) is 3.35. The van der Waals surface area contributed by atoms with Crippen molar-refractivity contribution in [2.24, 2.45) is 5.73 Å². The van der Waals surface area contributed by atoms with E-state index in [0.29, 0.717) is 5.69 Å². The van der Waals surface area contributed by atoms with Gasteiger partial charge < -0.3 is 5.73 Å². The van der Waals surface area contributed by atoms with Gasteiger partial charge in [0.25, 0.3) is 0 Å². The Hall–Kier alpha value is -0.830. The Morgan fingerprint density at radius 1 is 1.35 bits per heavy atom. The lowest BCUT2D eigenvalue weighted by Crippen LogP contribution is -2.39. The second kappa shape index (κ2) is 5.67. The Kier molecular flexibility index (Phi) is 4.75. The number of amides is 1. The molecule has 0 atom stereocenters. The monoisotopic (exact) mass is 368 g/mol. The SMILES string of the molecule is CCS(=O)(=O)N(CC(N)=O)c1ccc(I)cc1. The standard InChI is InChI=1S/C10H13IN2O3S/c1-2-17(15,16)13(7-10(12)14)9-5-3-8(11)4-6-9/h3-6H,2,7H2,1H3,(H2,12,14). The normalized spacial score (nSPS) is 11.2. The molecule has 1 aromatic carbocycles. The molecule has 0 fully saturated rings. The van der Waals surface area contributed by atoms with Crippen molar-refractivity contribution in [2.45, 2.75) is 6.92 Å². The number of anilines is 1. The van der Waals surface area contributed by atoms with E-state index in [1.807, 2.05) is 0 Å². The van der Waals surface area contributed by atoms with E-state index in [1.165, 1.54) is 6.92 Å². The van der Waals surface area contributed by atoms with Gasteiger partial charge in [0.15, 0.2) is 0 Å². The molecule has 0 saturated carbocycles. The van der Waals surface area contributed by atoms with Crippen molar-refractivity contribution in [3.05, 3.63) is 27.8 Å². The fourth-order valence-corrected chi connectivity index (χ4v) is 2.69. The first-order chi connectivity index (χ1) is 7.86. The van der Waals surface area contributed by atoms with Gasteiger partial charge in [0.05, 0.1) is 11.4 Å². The lowest BCUT2D eigenvalue weighted by Gasteiger charge is -2.22. The molecule has 0 radical (unpaired) electrons. The number of carbonyl (C=O) groups is 1. The van der Waals surface area contributed by atoms with Gasteiger partial charge in [0, 0.05) is 3.57 Å². The Morgan fingerprint density at radius 3 is 2.29 bits per heavy atom. The summed E-state index contributed by atoms with van der Waals surface area (Å²) < 4.78 is 25.7. The third-order valence-corrected chi connectivity index (χ3v) is 4.57. The van der Waals surface area contributed by atoms with Crippen molar-refractivity contribution >= 4 is 44.2 Å². The van der Waals surface area contributed by atoms with Crippen LogP contribution in [-0.4, -0.2) is 26.6 Å². The zero-order chi connectivity index (χ0) is 13.1. The molecule has 94 valence electrons. The van der Waals surface area contributed by atoms with Gasteiger partial charge in [-0.3, -0.25) is 9.10 Å². The van der Waals surface area contributed by atoms with Crippen molar-refractivity contribution in [1.82, 2.24) is 0 Å². The Morgan fingerprint density at radius 2 is 1.88 bits per heavy atom. The molecule has 0 unspecified atom stereocenters. The number of halogens is 1. The molecule has 1 aromatic rings. The van der Waals surface area contributed by atoms with Crippen LogP contribution in [0.4, 0.5) is 5.69 Å². The maximum absolute atomic E-state index is 11.8. The molecule has 0 saturated heterocycles. The predicted molar refractivity (Wildman–Crippen MR) is 75.2 cm³/mol. The number of primary amides is 1. The summed E-state index contributed by atoms with van der Waals surface area (Å²) in [5.74, 6) is -0.757. The van der Waals surface area contributed by atoms with E-state index in [4.69, 9.17) is 5.73 Å². The molecule has 1 amide bonds. The Balaban J connectivity index is 3.15. The van der Waals surface area contributed by atoms with Crippen LogP contribution >= 0.6 is 22.6 Å². The number of benzene rings is 1. The lowest BCUT2D eigenvalue weighted by atomic mass is 10.3. The van der Waals surface area contributed by atoms with Crippen LogP contribution in [0.3, 0.4) is 0 Å². The van der Waals surface area contributed by atoms with Gasteiger partial charge in [-0.25, -0.2) is 8.42 Å². The average molecular weight is 368 g/mol. The summed E-state index contributed by atoms with van der Waals surface area (Å²) in [6.45, 7) is 1.19. The first-order valence-electron chi connectivity index (χ1n) is 4.91. The molecule has 17 heavy (non-hydrogen) atoms. The largest absolute Gasteiger partial charge is 0.368 e. The molecule has 5 nitrogen and oxygen atoms in total. The molecular weight excluding hydrogens is 355 g/mol. The molecule has 0 aromatic heterocycles. The fraction of sp³-hybridized carbons (Fsp3) is 0.300. The summed E-state index contributed by atoms with van der Waals surface area (Å²) >= 11 is 2.12. The number of hydrogen-bond acceptors (Lipinski definition) is 3. The summed E-state index contributed by atoms with van der Waals surface area (Å²) in [6.07, 6.45) is 0. The van der Waals surface area contributed by atoms with Crippen molar-refractivity contribution < 1.29 is 13.2 Å². The smallest absolute Gasteiger partial charge is 0.238 e. The van der Waals surface area contributed by atoms with Crippen LogP contribution in [0.1, 0.15) is 6.92 Å². The van der Waals surface area contributed by atoms with Gasteiger partial charge >= 0.3 is 0 Å². The fourth-order valence-electron chi connectivity index (χ4n) is 1.25. The minimum Gasteiger partial charge on any atom is -0.368 e. The van der Waals surface area contributed by atoms with Gasteiger partial charge in [-0.1, -0.05) is 0 Å². The average Bonchev–Trinajstić information content (AvgIpc) is 2.27. The quantitative estimate of drug-likeness (QED) is 0.786. The minimum atomic E-state index is -3.49. The zero-order valence-electron chi connectivity index (χ0n) is 9.26. The van der Waals surface area contributed by atoms with Crippen LogP contribution in [-0.2, 0) is 14.8 Å². The van der Waals surface area contributed by atoms with E-state index >= 15 is 0 Å². The van der Waals surface area contributed by atoms with E-state index < -0.39 is 15.9 Å². The highest BCUT2D eigenvalue weighted by Gasteiger charge is 2.22. The van der Waals surface area contributed by atoms with Crippen molar-refractivity contribution in [2.75, 3.05) is 16.6 Å². The second-order valence-corrected chi connectivity index (χ2v) is 6.78. The van der Waals surface area contributed by atoms with Crippen LogP contribution in [0.5, 0.6) is 0 Å². The van der Waals surface area contributed by atoms with Gasteiger partial charge in [0.1, 0.15) is 6.54 Å². The molecule has 7 heteroatoms. The van der Waals surface area contributed by atoms with Crippen LogP contribution in [0.25, 0.3) is 0 Å². The highest BCUT2D eigenvalue weighted by atomic mass is 127. The maximum atomic E-state index is 11.8. The number of sulfonamides is 1. The zero-order valence-corrected chi connectivity index (χ0v) is 12.2. The number of rotatable bonds is 5. The highest BCUT2D eigenvalue weighted by molar-refractivity contribution is 14.1. The summed E-state index contributed by atoms with van der Waals surface area (Å²) in [6, 6.07) is 6.85. The Labute approximate surface area is 114 Å². The minimum absolute atomic E-state index is 0.0771. The maximum Gasteiger partial charge on any atom is 0.238 e. The van der Waals surface area contributed by atoms with E-state index in [9.17, 15) is 13.2 Å². The summed E-state index contributed by atoms with van der Waals surface area (Å²) in [7, 11) is -3.49. The topological polar surface area (TPSA) is 80.5 Å². The molecular formula is C10H13IN2O3S. The van der Waals surface area contributed by atoms with Crippen molar-refractivity contribution in [3.63, 3.8) is 0 Å². The number of nitrogens with two attached hydrogens (primary N) is 1. The summed E-state index contributed by atoms with van der Waals surface area (Å²) in [5, 5.41) is 0. The van der Waals surface area contributed by atoms with Crippen molar-refractivity contribution in [3.8, 4) is 0 Å². The molecule has 2 N–H and O–H groups in total. The Bertz CT molecular complexity index is 499. The molecule has 0 heterocycles. The molecule has 0 aliphatic carbocycles. The lowest BCUT2D eigenvalue weighted by molar-refractivity contribution is -0.116. The third kappa shape index (κ3) is 3.84. The van der Waals surface area contributed by atoms with Crippen molar-refractivity contribution in [1.29, 1.82) is 0 Å². The molecule has 0 aliphatic rings. The van der Waals surface area contributed by atoms with E-state index in [0.717, 1.165) is 7.88 Å². The van der Waals surface area contributed by atoms with E-state index in [2.05, 4.69) is 22.6 Å². The number of nitrogens with zero attached hydrogens (tertiary/aromatic N) is 1. The predicted octanol–water partition coefficient (Wildman–Crippen LogP) is 0.933. The molecule has 1 rings (SSSR count). The first-order valence-corrected chi connectivity index (χ1v) is 7.60.